The normalized spacial score (nSPS) is 14.4. The van der Waals surface area contributed by atoms with Crippen molar-refractivity contribution < 1.29 is 14.4 Å². The molecule has 146 valence electrons. The molecular weight excluding hydrogens is 354 g/mol. The summed E-state index contributed by atoms with van der Waals surface area (Å²) in [6.07, 6.45) is 1.29. The van der Waals surface area contributed by atoms with Gasteiger partial charge in [-0.1, -0.05) is 17.7 Å². The highest BCUT2D eigenvalue weighted by Gasteiger charge is 2.27. The second kappa shape index (κ2) is 8.69. The van der Waals surface area contributed by atoms with E-state index in [1.165, 1.54) is 6.92 Å². The zero-order valence-electron chi connectivity index (χ0n) is 16.2. The Labute approximate surface area is 164 Å². The first-order valence-electron chi connectivity index (χ1n) is 9.47. The number of piperidine rings is 1. The Morgan fingerprint density at radius 1 is 0.857 bits per heavy atom. The fraction of sp³-hybridized carbons (Fsp3) is 0.318. The molecule has 6 heteroatoms. The van der Waals surface area contributed by atoms with Crippen molar-refractivity contribution in [1.82, 2.24) is 4.90 Å². The molecule has 3 amide bonds. The number of likely N-dealkylation sites (tertiary alicyclic amines) is 1. The lowest BCUT2D eigenvalue weighted by atomic mass is 9.95. The molecule has 1 saturated heterocycles. The summed E-state index contributed by atoms with van der Waals surface area (Å²) in [6.45, 7) is 4.59. The fourth-order valence-corrected chi connectivity index (χ4v) is 3.31. The minimum absolute atomic E-state index is 0.0208. The summed E-state index contributed by atoms with van der Waals surface area (Å²) < 4.78 is 0. The summed E-state index contributed by atoms with van der Waals surface area (Å²) in [5.74, 6) is -0.261. The molecule has 28 heavy (non-hydrogen) atoms. The van der Waals surface area contributed by atoms with Crippen LogP contribution in [-0.4, -0.2) is 35.7 Å². The molecule has 0 saturated carbocycles. The predicted molar refractivity (Wildman–Crippen MR) is 109 cm³/mol. The lowest BCUT2D eigenvalue weighted by Gasteiger charge is -2.31. The average Bonchev–Trinajstić information content (AvgIpc) is 2.69. The maximum Gasteiger partial charge on any atom is 0.253 e. The minimum atomic E-state index is -0.135. The molecule has 2 N–H and O–H groups in total. The minimum Gasteiger partial charge on any atom is -0.339 e. The first-order chi connectivity index (χ1) is 13.4. The standard InChI is InChI=1S/C22H25N3O3/c1-15-3-5-18(6-4-15)22(28)25-13-11-17(12-14-25)21(27)24-20-9-7-19(8-10-20)23-16(2)26/h3-10,17H,11-14H2,1-2H3,(H,23,26)(H,24,27). The maximum absolute atomic E-state index is 12.6. The Kier molecular flexibility index (Phi) is 6.09. The SMILES string of the molecule is CC(=O)Nc1ccc(NC(=O)C2CCN(C(=O)c3ccc(C)cc3)CC2)cc1. The zero-order chi connectivity index (χ0) is 20.1. The monoisotopic (exact) mass is 379 g/mol. The molecule has 1 aliphatic heterocycles. The summed E-state index contributed by atoms with van der Waals surface area (Å²) in [5.41, 5.74) is 3.19. The quantitative estimate of drug-likeness (QED) is 0.854. The number of nitrogens with zero attached hydrogens (tertiary/aromatic N) is 1. The Morgan fingerprint density at radius 2 is 1.39 bits per heavy atom. The molecule has 0 unspecified atom stereocenters. The predicted octanol–water partition coefficient (Wildman–Crippen LogP) is 3.44. The first kappa shape index (κ1) is 19.6. The number of anilines is 2. The van der Waals surface area contributed by atoms with Crippen LogP contribution in [0, 0.1) is 12.8 Å². The van der Waals surface area contributed by atoms with Crippen LogP contribution in [0.2, 0.25) is 0 Å². The molecule has 0 aliphatic carbocycles. The molecule has 0 spiro atoms. The third kappa shape index (κ3) is 4.97. The summed E-state index contributed by atoms with van der Waals surface area (Å²) in [5, 5.41) is 5.61. The fourth-order valence-electron chi connectivity index (χ4n) is 3.31. The highest BCUT2D eigenvalue weighted by Crippen LogP contribution is 2.22. The molecule has 2 aromatic carbocycles. The topological polar surface area (TPSA) is 78.5 Å². The highest BCUT2D eigenvalue weighted by atomic mass is 16.2. The van der Waals surface area contributed by atoms with Gasteiger partial charge >= 0.3 is 0 Å². The van der Waals surface area contributed by atoms with Crippen molar-refractivity contribution in [1.29, 1.82) is 0 Å². The van der Waals surface area contributed by atoms with Crippen molar-refractivity contribution in [2.24, 2.45) is 5.92 Å². The van der Waals surface area contributed by atoms with Crippen molar-refractivity contribution >= 4 is 29.1 Å². The van der Waals surface area contributed by atoms with E-state index in [4.69, 9.17) is 0 Å². The van der Waals surface area contributed by atoms with Gasteiger partial charge in [-0.2, -0.15) is 0 Å². The lowest BCUT2D eigenvalue weighted by Crippen LogP contribution is -2.41. The molecule has 6 nitrogen and oxygen atoms in total. The Bertz CT molecular complexity index is 852. The van der Waals surface area contributed by atoms with Crippen LogP contribution in [0.1, 0.15) is 35.7 Å². The number of hydrogen-bond acceptors (Lipinski definition) is 3. The largest absolute Gasteiger partial charge is 0.339 e. The van der Waals surface area contributed by atoms with Crippen molar-refractivity contribution in [3.05, 3.63) is 59.7 Å². The van der Waals surface area contributed by atoms with Gasteiger partial charge in [0.2, 0.25) is 11.8 Å². The molecule has 0 radical (unpaired) electrons. The van der Waals surface area contributed by atoms with Gasteiger partial charge in [-0.3, -0.25) is 14.4 Å². The van der Waals surface area contributed by atoms with Gasteiger partial charge in [-0.05, 0) is 56.2 Å². The second-order valence-corrected chi connectivity index (χ2v) is 7.18. The summed E-state index contributed by atoms with van der Waals surface area (Å²) >= 11 is 0. The van der Waals surface area contributed by atoms with Crippen molar-refractivity contribution in [2.75, 3.05) is 23.7 Å². The van der Waals surface area contributed by atoms with E-state index in [0.29, 0.717) is 42.9 Å². The molecule has 1 fully saturated rings. The van der Waals surface area contributed by atoms with Crippen LogP contribution >= 0.6 is 0 Å². The van der Waals surface area contributed by atoms with Gasteiger partial charge in [0.1, 0.15) is 0 Å². The van der Waals surface area contributed by atoms with Crippen molar-refractivity contribution in [3.63, 3.8) is 0 Å². The van der Waals surface area contributed by atoms with Crippen LogP contribution in [0.4, 0.5) is 11.4 Å². The summed E-state index contributed by atoms with van der Waals surface area (Å²) in [4.78, 5) is 38.0. The van der Waals surface area contributed by atoms with Gasteiger partial charge in [-0.15, -0.1) is 0 Å². The maximum atomic E-state index is 12.6. The van der Waals surface area contributed by atoms with Crippen LogP contribution < -0.4 is 10.6 Å². The number of hydrogen-bond donors (Lipinski definition) is 2. The van der Waals surface area contributed by atoms with Crippen LogP contribution in [0.5, 0.6) is 0 Å². The Hall–Kier alpha value is -3.15. The third-order valence-corrected chi connectivity index (χ3v) is 4.92. The number of carbonyl (C=O) groups is 3. The van der Waals surface area contributed by atoms with Crippen LogP contribution in [0.15, 0.2) is 48.5 Å². The van der Waals surface area contributed by atoms with Gasteiger partial charge in [0.05, 0.1) is 0 Å². The van der Waals surface area contributed by atoms with E-state index in [1.54, 1.807) is 24.3 Å². The van der Waals surface area contributed by atoms with Gasteiger partial charge in [-0.25, -0.2) is 0 Å². The lowest BCUT2D eigenvalue weighted by molar-refractivity contribution is -0.121. The number of nitrogens with one attached hydrogen (secondary N) is 2. The van der Waals surface area contributed by atoms with Gasteiger partial charge in [0.25, 0.3) is 5.91 Å². The number of aryl methyl sites for hydroxylation is 1. The van der Waals surface area contributed by atoms with E-state index < -0.39 is 0 Å². The molecule has 0 bridgehead atoms. The number of carbonyl (C=O) groups excluding carboxylic acids is 3. The van der Waals surface area contributed by atoms with Gasteiger partial charge < -0.3 is 15.5 Å². The molecule has 3 rings (SSSR count). The molecular formula is C22H25N3O3. The second-order valence-electron chi connectivity index (χ2n) is 7.18. The van der Waals surface area contributed by atoms with Crippen LogP contribution in [0.3, 0.4) is 0 Å². The van der Waals surface area contributed by atoms with Crippen molar-refractivity contribution in [2.45, 2.75) is 26.7 Å². The zero-order valence-corrected chi connectivity index (χ0v) is 16.2. The van der Waals surface area contributed by atoms with Crippen LogP contribution in [0.25, 0.3) is 0 Å². The first-order valence-corrected chi connectivity index (χ1v) is 9.47. The van der Waals surface area contributed by atoms with Crippen molar-refractivity contribution in [3.8, 4) is 0 Å². The number of amides is 3. The van der Waals surface area contributed by atoms with E-state index in [-0.39, 0.29) is 23.6 Å². The van der Waals surface area contributed by atoms with E-state index in [2.05, 4.69) is 10.6 Å². The number of rotatable bonds is 4. The Morgan fingerprint density at radius 3 is 1.93 bits per heavy atom. The Balaban J connectivity index is 1.51. The van der Waals surface area contributed by atoms with E-state index in [1.807, 2.05) is 36.1 Å². The molecule has 0 aromatic heterocycles. The molecule has 1 heterocycles. The third-order valence-electron chi connectivity index (χ3n) is 4.92. The van der Waals surface area contributed by atoms with E-state index in [0.717, 1.165) is 5.56 Å². The van der Waals surface area contributed by atoms with E-state index >= 15 is 0 Å². The number of benzene rings is 2. The highest BCUT2D eigenvalue weighted by molar-refractivity contribution is 5.95. The molecule has 1 aliphatic rings. The van der Waals surface area contributed by atoms with E-state index in [9.17, 15) is 14.4 Å². The molecule has 0 atom stereocenters. The summed E-state index contributed by atoms with van der Waals surface area (Å²) in [7, 11) is 0. The summed E-state index contributed by atoms with van der Waals surface area (Å²) in [6, 6.07) is 14.6. The smallest absolute Gasteiger partial charge is 0.253 e. The van der Waals surface area contributed by atoms with Gasteiger partial charge in [0.15, 0.2) is 0 Å². The molecule has 2 aromatic rings. The van der Waals surface area contributed by atoms with Crippen LogP contribution in [-0.2, 0) is 9.59 Å². The van der Waals surface area contributed by atoms with Gasteiger partial charge in [0, 0.05) is 42.9 Å². The average molecular weight is 379 g/mol.